The highest BCUT2D eigenvalue weighted by Gasteiger charge is 2.24. The fraction of sp³-hybridized carbons (Fsp3) is 0.348. The lowest BCUT2D eigenvalue weighted by Gasteiger charge is -2.24. The predicted octanol–water partition coefficient (Wildman–Crippen LogP) is 3.64. The molecule has 1 aliphatic heterocycles. The molecule has 164 valence electrons. The molecule has 3 N–H and O–H groups in total. The third-order valence-electron chi connectivity index (χ3n) is 5.39. The molecule has 0 radical (unpaired) electrons. The summed E-state index contributed by atoms with van der Waals surface area (Å²) in [5, 5.41) is 9.66. The molecule has 1 atom stereocenters. The van der Waals surface area contributed by atoms with Crippen molar-refractivity contribution in [2.45, 2.75) is 32.7 Å². The molecule has 0 spiro atoms. The number of hydrogen-bond donors (Lipinski definition) is 3. The van der Waals surface area contributed by atoms with Crippen molar-refractivity contribution in [2.24, 2.45) is 4.99 Å². The molecule has 4 rings (SSSR count). The number of carbonyl (C=O) groups excluding carboxylic acids is 1. The first-order valence-corrected chi connectivity index (χ1v) is 10.5. The molecule has 2 heterocycles. The van der Waals surface area contributed by atoms with E-state index in [4.69, 9.17) is 4.99 Å². The van der Waals surface area contributed by atoms with Gasteiger partial charge in [0.15, 0.2) is 5.96 Å². The van der Waals surface area contributed by atoms with Crippen LogP contribution in [0.2, 0.25) is 0 Å². The van der Waals surface area contributed by atoms with E-state index in [-0.39, 0.29) is 35.8 Å². The summed E-state index contributed by atoms with van der Waals surface area (Å²) in [5.41, 5.74) is 4.21. The fourth-order valence-electron chi connectivity index (χ4n) is 3.97. The third kappa shape index (κ3) is 5.36. The largest absolute Gasteiger partial charge is 0.357 e. The molecule has 1 aliphatic rings. The van der Waals surface area contributed by atoms with Crippen LogP contribution in [0.25, 0.3) is 11.0 Å². The van der Waals surface area contributed by atoms with Crippen molar-refractivity contribution in [1.29, 1.82) is 0 Å². The van der Waals surface area contributed by atoms with Gasteiger partial charge in [-0.25, -0.2) is 4.98 Å². The van der Waals surface area contributed by atoms with Gasteiger partial charge >= 0.3 is 0 Å². The highest BCUT2D eigenvalue weighted by atomic mass is 127. The first-order valence-electron chi connectivity index (χ1n) is 10.5. The van der Waals surface area contributed by atoms with Gasteiger partial charge in [-0.2, -0.15) is 0 Å². The lowest BCUT2D eigenvalue weighted by atomic mass is 9.91. The number of aromatic nitrogens is 2. The van der Waals surface area contributed by atoms with Crippen LogP contribution in [-0.2, 0) is 11.3 Å². The second-order valence-electron chi connectivity index (χ2n) is 7.48. The van der Waals surface area contributed by atoms with E-state index in [1.165, 1.54) is 0 Å². The Hall–Kier alpha value is -2.62. The van der Waals surface area contributed by atoms with Crippen LogP contribution in [0.3, 0.4) is 0 Å². The SMILES string of the molecule is CCNC(=NCC1CC(=O)Nc2ccccc21)NCCn1c(C)nc2ccccc21.I. The van der Waals surface area contributed by atoms with Crippen LogP contribution < -0.4 is 16.0 Å². The number of aliphatic imine (C=N–C) groups is 1. The third-order valence-corrected chi connectivity index (χ3v) is 5.39. The molecule has 3 aromatic rings. The minimum Gasteiger partial charge on any atom is -0.357 e. The summed E-state index contributed by atoms with van der Waals surface area (Å²) in [6.07, 6.45) is 0.458. The van der Waals surface area contributed by atoms with Crippen LogP contribution in [-0.4, -0.2) is 41.1 Å². The Bertz CT molecular complexity index is 1080. The smallest absolute Gasteiger partial charge is 0.225 e. The lowest BCUT2D eigenvalue weighted by Crippen LogP contribution is -2.39. The summed E-state index contributed by atoms with van der Waals surface area (Å²) in [6, 6.07) is 16.2. The van der Waals surface area contributed by atoms with Gasteiger partial charge in [-0.05, 0) is 37.6 Å². The van der Waals surface area contributed by atoms with Crippen LogP contribution in [0.1, 0.15) is 30.7 Å². The second kappa shape index (κ2) is 10.6. The highest BCUT2D eigenvalue weighted by molar-refractivity contribution is 14.0. The number of rotatable bonds is 6. The quantitative estimate of drug-likeness (QED) is 0.257. The number of halogens is 1. The van der Waals surface area contributed by atoms with Gasteiger partial charge in [0, 0.05) is 37.7 Å². The van der Waals surface area contributed by atoms with Gasteiger partial charge in [0.25, 0.3) is 0 Å². The van der Waals surface area contributed by atoms with Gasteiger partial charge in [0.2, 0.25) is 5.91 Å². The van der Waals surface area contributed by atoms with Crippen molar-refractivity contribution in [3.63, 3.8) is 0 Å². The Kier molecular flexibility index (Phi) is 7.89. The number of fused-ring (bicyclic) bond motifs is 2. The lowest BCUT2D eigenvalue weighted by molar-refractivity contribution is -0.116. The number of carbonyl (C=O) groups is 1. The number of nitrogens with one attached hydrogen (secondary N) is 3. The molecule has 1 amide bonds. The minimum atomic E-state index is 0. The van der Waals surface area contributed by atoms with E-state index in [1.807, 2.05) is 50.2 Å². The standard InChI is InChI=1S/C23H28N6O.HI/c1-3-24-23(25-12-13-29-16(2)27-20-10-6-7-11-21(20)29)26-15-17-14-22(30)28-19-9-5-4-8-18(17)19;/h4-11,17H,3,12-15H2,1-2H3,(H,28,30)(H2,24,25,26);1H. The average molecular weight is 532 g/mol. The number of nitrogens with zero attached hydrogens (tertiary/aromatic N) is 3. The fourth-order valence-corrected chi connectivity index (χ4v) is 3.97. The number of benzene rings is 2. The Morgan fingerprint density at radius 1 is 1.19 bits per heavy atom. The van der Waals surface area contributed by atoms with Gasteiger partial charge in [0.05, 0.1) is 17.6 Å². The van der Waals surface area contributed by atoms with Gasteiger partial charge in [-0.15, -0.1) is 24.0 Å². The van der Waals surface area contributed by atoms with E-state index in [0.29, 0.717) is 13.0 Å². The van der Waals surface area contributed by atoms with Crippen LogP contribution in [0.15, 0.2) is 53.5 Å². The average Bonchev–Trinajstić information content (AvgIpc) is 3.07. The van der Waals surface area contributed by atoms with Gasteiger partial charge < -0.3 is 20.5 Å². The minimum absolute atomic E-state index is 0. The zero-order valence-corrected chi connectivity index (χ0v) is 20.2. The number of anilines is 1. The molecule has 1 unspecified atom stereocenters. The molecular formula is C23H29IN6O. The first-order chi connectivity index (χ1) is 14.7. The molecule has 0 aliphatic carbocycles. The van der Waals surface area contributed by atoms with Crippen LogP contribution in [0.4, 0.5) is 5.69 Å². The maximum absolute atomic E-state index is 12.0. The summed E-state index contributed by atoms with van der Waals surface area (Å²) in [6.45, 7) is 6.95. The van der Waals surface area contributed by atoms with Crippen molar-refractivity contribution in [3.05, 3.63) is 59.9 Å². The summed E-state index contributed by atoms with van der Waals surface area (Å²) in [5.74, 6) is 1.91. The van der Waals surface area contributed by atoms with Crippen molar-refractivity contribution in [3.8, 4) is 0 Å². The number of hydrogen-bond acceptors (Lipinski definition) is 3. The molecule has 7 nitrogen and oxygen atoms in total. The van der Waals surface area contributed by atoms with Crippen molar-refractivity contribution in [1.82, 2.24) is 20.2 Å². The molecular weight excluding hydrogens is 503 g/mol. The Morgan fingerprint density at radius 3 is 2.81 bits per heavy atom. The highest BCUT2D eigenvalue weighted by Crippen LogP contribution is 2.31. The van der Waals surface area contributed by atoms with Crippen LogP contribution in [0.5, 0.6) is 0 Å². The number of para-hydroxylation sites is 3. The molecule has 0 fully saturated rings. The van der Waals surface area contributed by atoms with Gasteiger partial charge in [-0.3, -0.25) is 9.79 Å². The van der Waals surface area contributed by atoms with E-state index in [9.17, 15) is 4.79 Å². The van der Waals surface area contributed by atoms with E-state index >= 15 is 0 Å². The number of guanidine groups is 1. The number of amides is 1. The maximum atomic E-state index is 12.0. The molecule has 0 saturated carbocycles. The Morgan fingerprint density at radius 2 is 1.97 bits per heavy atom. The Labute approximate surface area is 199 Å². The monoisotopic (exact) mass is 532 g/mol. The topological polar surface area (TPSA) is 83.3 Å². The number of imidazole rings is 1. The molecule has 0 bridgehead atoms. The summed E-state index contributed by atoms with van der Waals surface area (Å²) < 4.78 is 2.22. The summed E-state index contributed by atoms with van der Waals surface area (Å²) in [4.78, 5) is 21.4. The maximum Gasteiger partial charge on any atom is 0.225 e. The van der Waals surface area contributed by atoms with Crippen molar-refractivity contribution >= 4 is 52.6 Å². The zero-order valence-electron chi connectivity index (χ0n) is 17.9. The molecule has 1 aromatic heterocycles. The molecule has 0 saturated heterocycles. The zero-order chi connectivity index (χ0) is 20.9. The van der Waals surface area contributed by atoms with E-state index in [0.717, 1.165) is 53.7 Å². The van der Waals surface area contributed by atoms with Crippen molar-refractivity contribution in [2.75, 3.05) is 25.0 Å². The normalized spacial score (nSPS) is 15.7. The summed E-state index contributed by atoms with van der Waals surface area (Å²) >= 11 is 0. The van der Waals surface area contributed by atoms with Gasteiger partial charge in [-0.1, -0.05) is 30.3 Å². The molecule has 8 heteroatoms. The van der Waals surface area contributed by atoms with Crippen molar-refractivity contribution < 1.29 is 4.79 Å². The van der Waals surface area contributed by atoms with E-state index in [2.05, 4.69) is 37.6 Å². The first kappa shape index (κ1) is 23.1. The summed E-state index contributed by atoms with van der Waals surface area (Å²) in [7, 11) is 0. The van der Waals surface area contributed by atoms with Crippen LogP contribution >= 0.6 is 24.0 Å². The predicted molar refractivity (Wildman–Crippen MR) is 136 cm³/mol. The van der Waals surface area contributed by atoms with E-state index < -0.39 is 0 Å². The van der Waals surface area contributed by atoms with Crippen LogP contribution in [0, 0.1) is 6.92 Å². The number of aryl methyl sites for hydroxylation is 1. The van der Waals surface area contributed by atoms with Gasteiger partial charge in [0.1, 0.15) is 5.82 Å². The molecule has 2 aromatic carbocycles. The van der Waals surface area contributed by atoms with E-state index in [1.54, 1.807) is 0 Å². The Balaban J connectivity index is 0.00000272. The molecule has 31 heavy (non-hydrogen) atoms. The second-order valence-corrected chi connectivity index (χ2v) is 7.48.